The molecule has 1 aliphatic heterocycles. The number of carbonyl (C=O) groups is 2. The number of rotatable bonds is 4. The summed E-state index contributed by atoms with van der Waals surface area (Å²) < 4.78 is 0. The van der Waals surface area contributed by atoms with E-state index in [-0.39, 0.29) is 23.7 Å². The maximum absolute atomic E-state index is 12.7. The Morgan fingerprint density at radius 1 is 1.23 bits per heavy atom. The molecule has 1 aromatic heterocycles. The standard InChI is InChI=1S/C22H27ClN4O2S/c1-14(2)21(29)26-8-10-27(11-9-26)22-25-18-7-6-15(12-19(18)30-22)20(28)24-17-5-3-4-16(23)13-17/h3-5,13-15H,6-12H2,1-2H3,(H,24,28)/t15-/m0/s1. The lowest BCUT2D eigenvalue weighted by Crippen LogP contribution is -2.49. The second-order valence-electron chi connectivity index (χ2n) is 8.27. The van der Waals surface area contributed by atoms with Crippen molar-refractivity contribution in [2.24, 2.45) is 11.8 Å². The van der Waals surface area contributed by atoms with Gasteiger partial charge in [0.2, 0.25) is 11.8 Å². The van der Waals surface area contributed by atoms with E-state index in [2.05, 4.69) is 10.2 Å². The van der Waals surface area contributed by atoms with Crippen molar-refractivity contribution in [3.8, 4) is 0 Å². The normalized spacial score (nSPS) is 19.0. The van der Waals surface area contributed by atoms with Crippen LogP contribution in [0.15, 0.2) is 24.3 Å². The number of benzene rings is 1. The molecular formula is C22H27ClN4O2S. The Morgan fingerprint density at radius 3 is 2.70 bits per heavy atom. The third kappa shape index (κ3) is 4.62. The summed E-state index contributed by atoms with van der Waals surface area (Å²) in [7, 11) is 0. The molecule has 0 unspecified atom stereocenters. The average molecular weight is 447 g/mol. The lowest BCUT2D eigenvalue weighted by Gasteiger charge is -2.35. The van der Waals surface area contributed by atoms with E-state index in [1.807, 2.05) is 30.9 Å². The summed E-state index contributed by atoms with van der Waals surface area (Å²) in [5.74, 6) is 0.254. The molecule has 2 aliphatic rings. The molecule has 1 aliphatic carbocycles. The first-order valence-electron chi connectivity index (χ1n) is 10.5. The Balaban J connectivity index is 1.37. The van der Waals surface area contributed by atoms with E-state index in [9.17, 15) is 9.59 Å². The van der Waals surface area contributed by atoms with Crippen LogP contribution < -0.4 is 10.2 Å². The smallest absolute Gasteiger partial charge is 0.227 e. The molecule has 1 fully saturated rings. The number of piperazine rings is 1. The van der Waals surface area contributed by atoms with Crippen LogP contribution >= 0.6 is 22.9 Å². The van der Waals surface area contributed by atoms with Crippen LogP contribution in [0.2, 0.25) is 5.02 Å². The minimum Gasteiger partial charge on any atom is -0.345 e. The van der Waals surface area contributed by atoms with Crippen LogP contribution in [0, 0.1) is 11.8 Å². The molecule has 8 heteroatoms. The van der Waals surface area contributed by atoms with Gasteiger partial charge in [-0.05, 0) is 37.5 Å². The van der Waals surface area contributed by atoms with Crippen molar-refractivity contribution in [1.82, 2.24) is 9.88 Å². The van der Waals surface area contributed by atoms with Crippen LogP contribution in [-0.4, -0.2) is 47.9 Å². The van der Waals surface area contributed by atoms with Crippen molar-refractivity contribution in [2.45, 2.75) is 33.1 Å². The number of aromatic nitrogens is 1. The zero-order valence-electron chi connectivity index (χ0n) is 17.4. The molecule has 30 heavy (non-hydrogen) atoms. The highest BCUT2D eigenvalue weighted by molar-refractivity contribution is 7.15. The predicted molar refractivity (Wildman–Crippen MR) is 121 cm³/mol. The van der Waals surface area contributed by atoms with Gasteiger partial charge in [0.25, 0.3) is 0 Å². The fraction of sp³-hybridized carbons (Fsp3) is 0.500. The summed E-state index contributed by atoms with van der Waals surface area (Å²) in [6.07, 6.45) is 2.36. The molecule has 160 valence electrons. The van der Waals surface area contributed by atoms with Gasteiger partial charge in [-0.1, -0.05) is 31.5 Å². The molecule has 0 bridgehead atoms. The van der Waals surface area contributed by atoms with Crippen molar-refractivity contribution >= 4 is 45.6 Å². The fourth-order valence-electron chi connectivity index (χ4n) is 4.01. The molecular weight excluding hydrogens is 420 g/mol. The highest BCUT2D eigenvalue weighted by atomic mass is 35.5. The van der Waals surface area contributed by atoms with E-state index in [4.69, 9.17) is 16.6 Å². The summed E-state index contributed by atoms with van der Waals surface area (Å²) in [5.41, 5.74) is 1.86. The van der Waals surface area contributed by atoms with E-state index in [1.54, 1.807) is 23.5 Å². The van der Waals surface area contributed by atoms with Gasteiger partial charge in [0, 0.05) is 53.6 Å². The van der Waals surface area contributed by atoms with E-state index in [0.29, 0.717) is 5.02 Å². The van der Waals surface area contributed by atoms with Gasteiger partial charge in [0.15, 0.2) is 5.13 Å². The molecule has 0 radical (unpaired) electrons. The topological polar surface area (TPSA) is 65.5 Å². The van der Waals surface area contributed by atoms with Crippen molar-refractivity contribution in [3.63, 3.8) is 0 Å². The predicted octanol–water partition coefficient (Wildman–Crippen LogP) is 3.84. The Morgan fingerprint density at radius 2 is 2.00 bits per heavy atom. The largest absolute Gasteiger partial charge is 0.345 e. The Hall–Kier alpha value is -2.12. The molecule has 1 N–H and O–H groups in total. The number of halogens is 1. The van der Waals surface area contributed by atoms with Crippen molar-refractivity contribution in [2.75, 3.05) is 36.4 Å². The molecule has 2 aromatic rings. The second kappa shape index (κ2) is 8.94. The summed E-state index contributed by atoms with van der Waals surface area (Å²) in [4.78, 5) is 35.2. The molecule has 1 atom stereocenters. The first-order chi connectivity index (χ1) is 14.4. The number of aryl methyl sites for hydroxylation is 1. The van der Waals surface area contributed by atoms with Crippen LogP contribution in [0.25, 0.3) is 0 Å². The molecule has 1 saturated heterocycles. The summed E-state index contributed by atoms with van der Waals surface area (Å²) in [6.45, 7) is 7.00. The third-order valence-corrected chi connectivity index (χ3v) is 7.16. The molecule has 6 nitrogen and oxygen atoms in total. The van der Waals surface area contributed by atoms with Crippen LogP contribution in [0.5, 0.6) is 0 Å². The van der Waals surface area contributed by atoms with Gasteiger partial charge in [0.1, 0.15) is 0 Å². The average Bonchev–Trinajstić information content (AvgIpc) is 3.16. The Kier molecular flexibility index (Phi) is 6.29. The first-order valence-corrected chi connectivity index (χ1v) is 11.7. The molecule has 2 heterocycles. The number of hydrogen-bond acceptors (Lipinski definition) is 5. The quantitative estimate of drug-likeness (QED) is 0.774. The Bertz CT molecular complexity index is 937. The summed E-state index contributed by atoms with van der Waals surface area (Å²) in [5, 5.41) is 4.62. The molecule has 4 rings (SSSR count). The van der Waals surface area contributed by atoms with Crippen LogP contribution in [0.3, 0.4) is 0 Å². The van der Waals surface area contributed by atoms with Gasteiger partial charge in [-0.3, -0.25) is 9.59 Å². The number of carbonyl (C=O) groups excluding carboxylic acids is 2. The monoisotopic (exact) mass is 446 g/mol. The SMILES string of the molecule is CC(C)C(=O)N1CCN(c2nc3c(s2)C[C@@H](C(=O)Nc2cccc(Cl)c2)CC3)CC1. The number of nitrogens with one attached hydrogen (secondary N) is 1. The molecule has 1 aromatic carbocycles. The zero-order valence-corrected chi connectivity index (χ0v) is 18.9. The van der Waals surface area contributed by atoms with E-state index >= 15 is 0 Å². The highest BCUT2D eigenvalue weighted by Crippen LogP contribution is 2.35. The number of fused-ring (bicyclic) bond motifs is 1. The Labute approximate surface area is 186 Å². The van der Waals surface area contributed by atoms with E-state index in [0.717, 1.165) is 62.0 Å². The molecule has 0 saturated carbocycles. The van der Waals surface area contributed by atoms with Crippen molar-refractivity contribution in [3.05, 3.63) is 39.9 Å². The second-order valence-corrected chi connectivity index (χ2v) is 9.77. The number of thiazole rings is 1. The summed E-state index contributed by atoms with van der Waals surface area (Å²) >= 11 is 7.71. The minimum atomic E-state index is -0.0507. The fourth-order valence-corrected chi connectivity index (χ4v) is 5.44. The molecule has 2 amide bonds. The van der Waals surface area contributed by atoms with E-state index in [1.165, 1.54) is 4.88 Å². The maximum Gasteiger partial charge on any atom is 0.227 e. The third-order valence-electron chi connectivity index (χ3n) is 5.75. The first kappa shape index (κ1) is 21.1. The van der Waals surface area contributed by atoms with Crippen molar-refractivity contribution in [1.29, 1.82) is 0 Å². The van der Waals surface area contributed by atoms with Crippen LogP contribution in [0.1, 0.15) is 30.8 Å². The summed E-state index contributed by atoms with van der Waals surface area (Å²) in [6, 6.07) is 7.25. The number of amides is 2. The number of hydrogen-bond donors (Lipinski definition) is 1. The molecule has 0 spiro atoms. The van der Waals surface area contributed by atoms with Crippen molar-refractivity contribution < 1.29 is 9.59 Å². The van der Waals surface area contributed by atoms with Crippen LogP contribution in [0.4, 0.5) is 10.8 Å². The number of nitrogens with zero attached hydrogens (tertiary/aromatic N) is 3. The zero-order chi connectivity index (χ0) is 21.3. The van der Waals surface area contributed by atoms with Crippen LogP contribution in [-0.2, 0) is 22.4 Å². The number of anilines is 2. The van der Waals surface area contributed by atoms with Gasteiger partial charge in [-0.25, -0.2) is 4.98 Å². The van der Waals surface area contributed by atoms with Gasteiger partial charge in [-0.2, -0.15) is 0 Å². The van der Waals surface area contributed by atoms with Gasteiger partial charge in [0.05, 0.1) is 5.69 Å². The highest BCUT2D eigenvalue weighted by Gasteiger charge is 2.30. The van der Waals surface area contributed by atoms with Gasteiger partial charge < -0.3 is 15.1 Å². The lowest BCUT2D eigenvalue weighted by molar-refractivity contribution is -0.134. The van der Waals surface area contributed by atoms with Gasteiger partial charge >= 0.3 is 0 Å². The maximum atomic E-state index is 12.7. The van der Waals surface area contributed by atoms with E-state index < -0.39 is 0 Å². The van der Waals surface area contributed by atoms with Gasteiger partial charge in [-0.15, -0.1) is 11.3 Å². The lowest BCUT2D eigenvalue weighted by atomic mass is 9.90. The minimum absolute atomic E-state index is 0.0404.